The zero-order valence-corrected chi connectivity index (χ0v) is 17.8. The van der Waals surface area contributed by atoms with E-state index in [2.05, 4.69) is 4.98 Å². The zero-order valence-electron chi connectivity index (χ0n) is 16.9. The lowest BCUT2D eigenvalue weighted by Gasteiger charge is -2.26. The Hall–Kier alpha value is -3.01. The lowest BCUT2D eigenvalue weighted by Crippen LogP contribution is -2.40. The van der Waals surface area contributed by atoms with Crippen LogP contribution in [0.1, 0.15) is 17.3 Å². The van der Waals surface area contributed by atoms with Gasteiger partial charge in [0.05, 0.1) is 41.5 Å². The summed E-state index contributed by atoms with van der Waals surface area (Å²) in [6, 6.07) is 13.1. The minimum Gasteiger partial charge on any atom is -0.493 e. The number of carboxylic acids is 1. The molecule has 0 aliphatic carbocycles. The molecule has 0 bridgehead atoms. The van der Waals surface area contributed by atoms with E-state index in [0.29, 0.717) is 42.3 Å². The van der Waals surface area contributed by atoms with E-state index >= 15 is 0 Å². The zero-order chi connectivity index (χ0) is 22.0. The van der Waals surface area contributed by atoms with Gasteiger partial charge in [-0.3, -0.25) is 0 Å². The molecule has 0 amide bonds. The number of pyridine rings is 1. The number of aromatic carboxylic acids is 1. The molecule has 9 heteroatoms. The number of hydrogen-bond donors (Lipinski definition) is 1. The number of carbonyl (C=O) groups is 1. The second-order valence-electron chi connectivity index (χ2n) is 6.98. The summed E-state index contributed by atoms with van der Waals surface area (Å²) in [7, 11) is -3.76. The molecule has 1 fully saturated rings. The highest BCUT2D eigenvalue weighted by molar-refractivity contribution is 7.89. The molecule has 1 aliphatic heterocycles. The van der Waals surface area contributed by atoms with Crippen molar-refractivity contribution in [1.29, 1.82) is 0 Å². The minimum atomic E-state index is -3.76. The fourth-order valence-corrected chi connectivity index (χ4v) is 5.01. The SMILES string of the molecule is CCOc1ccccc1-c1cc(C(=O)O)c2cc(S(=O)(=O)N3CCOCC3)ccc2n1. The molecule has 2 aromatic carbocycles. The number of carboxylic acid groups (broad SMARTS) is 1. The molecule has 1 aliphatic rings. The molecular formula is C22H22N2O6S. The molecule has 3 aromatic rings. The molecule has 8 nitrogen and oxygen atoms in total. The van der Waals surface area contributed by atoms with Crippen LogP contribution in [0.2, 0.25) is 0 Å². The molecule has 0 spiro atoms. The molecule has 1 saturated heterocycles. The first-order valence-electron chi connectivity index (χ1n) is 9.90. The number of para-hydroxylation sites is 1. The highest BCUT2D eigenvalue weighted by Gasteiger charge is 2.27. The summed E-state index contributed by atoms with van der Waals surface area (Å²) >= 11 is 0. The molecule has 0 atom stereocenters. The van der Waals surface area contributed by atoms with Crippen LogP contribution >= 0.6 is 0 Å². The van der Waals surface area contributed by atoms with E-state index in [1.165, 1.54) is 22.5 Å². The van der Waals surface area contributed by atoms with E-state index in [4.69, 9.17) is 9.47 Å². The quantitative estimate of drug-likeness (QED) is 0.625. The van der Waals surface area contributed by atoms with E-state index in [-0.39, 0.29) is 28.9 Å². The van der Waals surface area contributed by atoms with Crippen molar-refractivity contribution in [2.45, 2.75) is 11.8 Å². The van der Waals surface area contributed by atoms with Crippen LogP contribution in [0.25, 0.3) is 22.2 Å². The summed E-state index contributed by atoms with van der Waals surface area (Å²) in [6.45, 7) is 3.51. The highest BCUT2D eigenvalue weighted by Crippen LogP contribution is 2.32. The summed E-state index contributed by atoms with van der Waals surface area (Å²) in [4.78, 5) is 16.7. The van der Waals surface area contributed by atoms with Gasteiger partial charge in [-0.1, -0.05) is 12.1 Å². The summed E-state index contributed by atoms with van der Waals surface area (Å²) in [6.07, 6.45) is 0. The van der Waals surface area contributed by atoms with E-state index in [0.717, 1.165) is 0 Å². The molecule has 0 saturated carbocycles. The van der Waals surface area contributed by atoms with Gasteiger partial charge in [-0.2, -0.15) is 4.31 Å². The van der Waals surface area contributed by atoms with E-state index in [9.17, 15) is 18.3 Å². The van der Waals surface area contributed by atoms with Crippen molar-refractivity contribution in [2.24, 2.45) is 0 Å². The molecule has 0 radical (unpaired) electrons. The first-order valence-corrected chi connectivity index (χ1v) is 11.3. The Kier molecular flexibility index (Phi) is 5.90. The Morgan fingerprint density at radius 2 is 1.90 bits per heavy atom. The molecule has 1 N–H and O–H groups in total. The third-order valence-electron chi connectivity index (χ3n) is 5.08. The maximum atomic E-state index is 13.0. The lowest BCUT2D eigenvalue weighted by atomic mass is 10.0. The largest absolute Gasteiger partial charge is 0.493 e. The number of fused-ring (bicyclic) bond motifs is 1. The number of nitrogens with zero attached hydrogens (tertiary/aromatic N) is 2. The topological polar surface area (TPSA) is 106 Å². The van der Waals surface area contributed by atoms with Crippen molar-refractivity contribution < 1.29 is 27.8 Å². The number of rotatable bonds is 6. The van der Waals surface area contributed by atoms with Crippen LogP contribution in [0, 0.1) is 0 Å². The van der Waals surface area contributed by atoms with Gasteiger partial charge in [-0.05, 0) is 43.3 Å². The average Bonchev–Trinajstić information content (AvgIpc) is 2.79. The van der Waals surface area contributed by atoms with Gasteiger partial charge < -0.3 is 14.6 Å². The third-order valence-corrected chi connectivity index (χ3v) is 6.98. The van der Waals surface area contributed by atoms with Gasteiger partial charge >= 0.3 is 5.97 Å². The van der Waals surface area contributed by atoms with Crippen molar-refractivity contribution in [3.05, 3.63) is 54.1 Å². The lowest BCUT2D eigenvalue weighted by molar-refractivity contribution is 0.0699. The molecule has 2 heterocycles. The second kappa shape index (κ2) is 8.62. The maximum absolute atomic E-state index is 13.0. The van der Waals surface area contributed by atoms with Gasteiger partial charge in [0.15, 0.2) is 0 Å². The van der Waals surface area contributed by atoms with Crippen molar-refractivity contribution in [2.75, 3.05) is 32.9 Å². The number of aromatic nitrogens is 1. The molecule has 0 unspecified atom stereocenters. The predicted octanol–water partition coefficient (Wildman–Crippen LogP) is 3.02. The summed E-state index contributed by atoms with van der Waals surface area (Å²) in [5, 5.41) is 10.1. The number of ether oxygens (including phenoxy) is 2. The number of hydrogen-bond acceptors (Lipinski definition) is 6. The van der Waals surface area contributed by atoms with Crippen LogP contribution in [0.4, 0.5) is 0 Å². The number of morpholine rings is 1. The second-order valence-corrected chi connectivity index (χ2v) is 8.92. The van der Waals surface area contributed by atoms with Gasteiger partial charge in [-0.15, -0.1) is 0 Å². The maximum Gasteiger partial charge on any atom is 0.336 e. The standard InChI is InChI=1S/C22H22N2O6S/c1-2-30-21-6-4-3-5-16(21)20-14-18(22(25)26)17-13-15(7-8-19(17)23-20)31(27,28)24-9-11-29-12-10-24/h3-8,13-14H,2,9-12H2,1H3,(H,25,26). The first kappa shape index (κ1) is 21.2. The van der Waals surface area contributed by atoms with Gasteiger partial charge in [0.25, 0.3) is 0 Å². The Morgan fingerprint density at radius 1 is 1.16 bits per heavy atom. The van der Waals surface area contributed by atoms with E-state index in [1.54, 1.807) is 12.1 Å². The predicted molar refractivity (Wildman–Crippen MR) is 115 cm³/mol. The van der Waals surface area contributed by atoms with E-state index < -0.39 is 16.0 Å². The smallest absolute Gasteiger partial charge is 0.336 e. The Bertz CT molecular complexity index is 1240. The van der Waals surface area contributed by atoms with Crippen LogP contribution < -0.4 is 4.74 Å². The van der Waals surface area contributed by atoms with Gasteiger partial charge in [0.1, 0.15) is 5.75 Å². The molecule has 1 aromatic heterocycles. The van der Waals surface area contributed by atoms with Crippen molar-refractivity contribution in [3.8, 4) is 17.0 Å². The van der Waals surface area contributed by atoms with Crippen molar-refractivity contribution in [1.82, 2.24) is 9.29 Å². The molecule has 31 heavy (non-hydrogen) atoms. The van der Waals surface area contributed by atoms with Crippen molar-refractivity contribution >= 4 is 26.9 Å². The summed E-state index contributed by atoms with van der Waals surface area (Å²) in [5.41, 5.74) is 1.48. The number of benzene rings is 2. The van der Waals surface area contributed by atoms with Crippen LogP contribution in [-0.2, 0) is 14.8 Å². The fraction of sp³-hybridized carbons (Fsp3) is 0.273. The Balaban J connectivity index is 1.85. The highest BCUT2D eigenvalue weighted by atomic mass is 32.2. The van der Waals surface area contributed by atoms with Crippen LogP contribution in [0.5, 0.6) is 5.75 Å². The van der Waals surface area contributed by atoms with Crippen LogP contribution in [0.3, 0.4) is 0 Å². The van der Waals surface area contributed by atoms with Crippen molar-refractivity contribution in [3.63, 3.8) is 0 Å². The van der Waals surface area contributed by atoms with Gasteiger partial charge in [0, 0.05) is 24.0 Å². The van der Waals surface area contributed by atoms with Crippen LogP contribution in [0.15, 0.2) is 53.4 Å². The van der Waals surface area contributed by atoms with E-state index in [1.807, 2.05) is 25.1 Å². The average molecular weight is 442 g/mol. The van der Waals surface area contributed by atoms with Crippen LogP contribution in [-0.4, -0.2) is 61.7 Å². The third kappa shape index (κ3) is 4.12. The molecular weight excluding hydrogens is 420 g/mol. The van der Waals surface area contributed by atoms with Gasteiger partial charge in [-0.25, -0.2) is 18.2 Å². The van der Waals surface area contributed by atoms with Gasteiger partial charge in [0.2, 0.25) is 10.0 Å². The monoisotopic (exact) mass is 442 g/mol. The summed E-state index contributed by atoms with van der Waals surface area (Å²) in [5.74, 6) is -0.567. The molecule has 4 rings (SSSR count). The summed E-state index contributed by atoms with van der Waals surface area (Å²) < 4.78 is 38.2. The minimum absolute atomic E-state index is 0.0228. The molecule has 162 valence electrons. The fourth-order valence-electron chi connectivity index (χ4n) is 3.58. The Labute approximate surface area is 180 Å². The normalized spacial score (nSPS) is 15.1. The Morgan fingerprint density at radius 3 is 2.61 bits per heavy atom. The number of sulfonamides is 1. The first-order chi connectivity index (χ1) is 14.9.